The number of carbonyl (C=O) groups is 1. The highest BCUT2D eigenvalue weighted by atomic mass is 16.3. The second-order valence-corrected chi connectivity index (χ2v) is 4.71. The third-order valence-corrected chi connectivity index (χ3v) is 2.52. The smallest absolute Gasteiger partial charge is 0.234 e. The molecule has 1 atom stereocenters. The highest BCUT2D eigenvalue weighted by molar-refractivity contribution is 5.78. The van der Waals surface area contributed by atoms with Gasteiger partial charge in [0.05, 0.1) is 12.6 Å². The van der Waals surface area contributed by atoms with Gasteiger partial charge >= 0.3 is 0 Å². The van der Waals surface area contributed by atoms with E-state index >= 15 is 0 Å². The molecule has 0 bridgehead atoms. The maximum absolute atomic E-state index is 11.6. The summed E-state index contributed by atoms with van der Waals surface area (Å²) in [6.45, 7) is 6.75. The maximum atomic E-state index is 11.6. The highest BCUT2D eigenvalue weighted by Crippen LogP contribution is 2.18. The van der Waals surface area contributed by atoms with E-state index in [4.69, 9.17) is 0 Å². The number of hydrogen-bond acceptors (Lipinski definition) is 3. The van der Waals surface area contributed by atoms with Crippen molar-refractivity contribution in [3.63, 3.8) is 0 Å². The first kappa shape index (κ1) is 12.5. The number of rotatable bonds is 6. The van der Waals surface area contributed by atoms with Crippen LogP contribution < -0.4 is 5.32 Å². The third-order valence-electron chi connectivity index (χ3n) is 2.52. The predicted molar refractivity (Wildman–Crippen MR) is 59.6 cm³/mol. The van der Waals surface area contributed by atoms with E-state index in [9.17, 15) is 9.90 Å². The van der Waals surface area contributed by atoms with Gasteiger partial charge in [0.25, 0.3) is 0 Å². The zero-order valence-corrected chi connectivity index (χ0v) is 9.86. The van der Waals surface area contributed by atoms with Crippen LogP contribution in [-0.2, 0) is 4.79 Å². The van der Waals surface area contributed by atoms with Gasteiger partial charge in [0.1, 0.15) is 0 Å². The lowest BCUT2D eigenvalue weighted by molar-refractivity contribution is -0.123. The number of amides is 1. The normalized spacial score (nSPS) is 18.3. The molecule has 0 aromatic rings. The fourth-order valence-electron chi connectivity index (χ4n) is 1.48. The van der Waals surface area contributed by atoms with E-state index < -0.39 is 0 Å². The van der Waals surface area contributed by atoms with Crippen molar-refractivity contribution < 1.29 is 9.90 Å². The predicted octanol–water partition coefficient (Wildman–Crippen LogP) is 0.356. The van der Waals surface area contributed by atoms with Crippen molar-refractivity contribution in [2.45, 2.75) is 51.8 Å². The Bertz CT molecular complexity index is 213. The summed E-state index contributed by atoms with van der Waals surface area (Å²) in [5, 5.41) is 12.3. The van der Waals surface area contributed by atoms with Crippen molar-refractivity contribution in [1.82, 2.24) is 10.2 Å². The molecule has 0 radical (unpaired) electrons. The summed E-state index contributed by atoms with van der Waals surface area (Å²) in [4.78, 5) is 13.5. The molecule has 0 aromatic carbocycles. The minimum absolute atomic E-state index is 0.0758. The molecule has 1 rings (SSSR count). The molecule has 1 saturated carbocycles. The van der Waals surface area contributed by atoms with Crippen molar-refractivity contribution in [2.24, 2.45) is 0 Å². The number of aliphatic hydroxyl groups is 1. The molecule has 1 aliphatic rings. The standard InChI is InChI=1S/C11H22N2O2/c1-8(2)13(6-9(3)14)7-11(15)12-10-4-5-10/h8-10,14H,4-7H2,1-3H3,(H,12,15). The first-order chi connectivity index (χ1) is 6.99. The lowest BCUT2D eigenvalue weighted by Crippen LogP contribution is -2.44. The molecular weight excluding hydrogens is 192 g/mol. The Hall–Kier alpha value is -0.610. The Labute approximate surface area is 91.6 Å². The molecule has 2 N–H and O–H groups in total. The second-order valence-electron chi connectivity index (χ2n) is 4.71. The Morgan fingerprint density at radius 1 is 1.47 bits per heavy atom. The first-order valence-electron chi connectivity index (χ1n) is 5.70. The molecule has 0 aromatic heterocycles. The van der Waals surface area contributed by atoms with Crippen molar-refractivity contribution in [3.05, 3.63) is 0 Å². The molecule has 1 unspecified atom stereocenters. The molecular formula is C11H22N2O2. The second kappa shape index (κ2) is 5.47. The first-order valence-corrected chi connectivity index (χ1v) is 5.70. The van der Waals surface area contributed by atoms with Crippen LogP contribution in [0.3, 0.4) is 0 Å². The minimum atomic E-state index is -0.388. The topological polar surface area (TPSA) is 52.6 Å². The van der Waals surface area contributed by atoms with Gasteiger partial charge in [-0.2, -0.15) is 0 Å². The maximum Gasteiger partial charge on any atom is 0.234 e. The molecule has 0 aliphatic heterocycles. The Balaban J connectivity index is 2.31. The summed E-state index contributed by atoms with van der Waals surface area (Å²) in [6, 6.07) is 0.697. The zero-order valence-electron chi connectivity index (χ0n) is 9.86. The van der Waals surface area contributed by atoms with Gasteiger partial charge in [-0.05, 0) is 33.6 Å². The van der Waals surface area contributed by atoms with Gasteiger partial charge in [-0.25, -0.2) is 0 Å². The average Bonchev–Trinajstić information content (AvgIpc) is 2.85. The Kier molecular flexibility index (Phi) is 4.54. The molecule has 15 heavy (non-hydrogen) atoms. The molecule has 1 amide bonds. The monoisotopic (exact) mass is 214 g/mol. The van der Waals surface area contributed by atoms with Crippen LogP contribution in [0.4, 0.5) is 0 Å². The van der Waals surface area contributed by atoms with Gasteiger partial charge in [-0.15, -0.1) is 0 Å². The largest absolute Gasteiger partial charge is 0.392 e. The number of nitrogens with one attached hydrogen (secondary N) is 1. The lowest BCUT2D eigenvalue weighted by Gasteiger charge is -2.26. The number of nitrogens with zero attached hydrogens (tertiary/aromatic N) is 1. The highest BCUT2D eigenvalue weighted by Gasteiger charge is 2.24. The lowest BCUT2D eigenvalue weighted by atomic mass is 10.2. The van der Waals surface area contributed by atoms with Gasteiger partial charge in [-0.1, -0.05) is 0 Å². The number of hydrogen-bond donors (Lipinski definition) is 2. The van der Waals surface area contributed by atoms with E-state index in [1.54, 1.807) is 6.92 Å². The van der Waals surface area contributed by atoms with Crippen LogP contribution >= 0.6 is 0 Å². The fraction of sp³-hybridized carbons (Fsp3) is 0.909. The van der Waals surface area contributed by atoms with E-state index in [-0.39, 0.29) is 18.1 Å². The van der Waals surface area contributed by atoms with Crippen LogP contribution in [0.2, 0.25) is 0 Å². The number of aliphatic hydroxyl groups excluding tert-OH is 1. The Morgan fingerprint density at radius 2 is 2.07 bits per heavy atom. The average molecular weight is 214 g/mol. The van der Waals surface area contributed by atoms with Crippen LogP contribution in [0.5, 0.6) is 0 Å². The van der Waals surface area contributed by atoms with E-state index in [1.165, 1.54) is 0 Å². The van der Waals surface area contributed by atoms with E-state index in [1.807, 2.05) is 18.7 Å². The molecule has 0 spiro atoms. The minimum Gasteiger partial charge on any atom is -0.392 e. The van der Waals surface area contributed by atoms with Crippen molar-refractivity contribution in [2.75, 3.05) is 13.1 Å². The molecule has 88 valence electrons. The van der Waals surface area contributed by atoms with Crippen LogP contribution in [0.25, 0.3) is 0 Å². The number of carbonyl (C=O) groups excluding carboxylic acids is 1. The molecule has 4 nitrogen and oxygen atoms in total. The van der Waals surface area contributed by atoms with Crippen LogP contribution in [0.15, 0.2) is 0 Å². The van der Waals surface area contributed by atoms with E-state index in [0.29, 0.717) is 19.1 Å². The van der Waals surface area contributed by atoms with Gasteiger partial charge in [0, 0.05) is 18.6 Å². The molecule has 0 heterocycles. The zero-order chi connectivity index (χ0) is 11.4. The summed E-state index contributed by atoms with van der Waals surface area (Å²) in [5.41, 5.74) is 0. The quantitative estimate of drug-likeness (QED) is 0.671. The fourth-order valence-corrected chi connectivity index (χ4v) is 1.48. The summed E-state index contributed by atoms with van der Waals surface area (Å²) >= 11 is 0. The van der Waals surface area contributed by atoms with Crippen LogP contribution in [0, 0.1) is 0 Å². The molecule has 1 fully saturated rings. The summed E-state index contributed by atoms with van der Waals surface area (Å²) < 4.78 is 0. The van der Waals surface area contributed by atoms with Crippen molar-refractivity contribution in [3.8, 4) is 0 Å². The van der Waals surface area contributed by atoms with E-state index in [0.717, 1.165) is 12.8 Å². The van der Waals surface area contributed by atoms with Crippen molar-refractivity contribution in [1.29, 1.82) is 0 Å². The summed E-state index contributed by atoms with van der Waals surface area (Å²) in [6.07, 6.45) is 1.84. The van der Waals surface area contributed by atoms with Gasteiger partial charge < -0.3 is 10.4 Å². The summed E-state index contributed by atoms with van der Waals surface area (Å²) in [7, 11) is 0. The van der Waals surface area contributed by atoms with Crippen LogP contribution in [-0.4, -0.2) is 47.2 Å². The third kappa shape index (κ3) is 5.14. The van der Waals surface area contributed by atoms with Gasteiger partial charge in [0.2, 0.25) is 5.91 Å². The summed E-state index contributed by atoms with van der Waals surface area (Å²) in [5.74, 6) is 0.0758. The molecule has 1 aliphatic carbocycles. The SMILES string of the molecule is CC(O)CN(CC(=O)NC1CC1)C(C)C. The molecule has 0 saturated heterocycles. The molecule has 4 heteroatoms. The van der Waals surface area contributed by atoms with Crippen LogP contribution in [0.1, 0.15) is 33.6 Å². The Morgan fingerprint density at radius 3 is 2.47 bits per heavy atom. The van der Waals surface area contributed by atoms with Gasteiger partial charge in [0.15, 0.2) is 0 Å². The van der Waals surface area contributed by atoms with E-state index in [2.05, 4.69) is 5.32 Å². The van der Waals surface area contributed by atoms with Crippen molar-refractivity contribution >= 4 is 5.91 Å². The van der Waals surface area contributed by atoms with Gasteiger partial charge in [-0.3, -0.25) is 9.69 Å².